The van der Waals surface area contributed by atoms with Gasteiger partial charge in [-0.05, 0) is 35.7 Å². The van der Waals surface area contributed by atoms with Crippen molar-refractivity contribution in [1.82, 2.24) is 4.72 Å². The van der Waals surface area contributed by atoms with Crippen LogP contribution in [0.3, 0.4) is 0 Å². The van der Waals surface area contributed by atoms with Crippen LogP contribution in [0.25, 0.3) is 0 Å². The maximum absolute atomic E-state index is 13.3. The predicted molar refractivity (Wildman–Crippen MR) is 106 cm³/mol. The lowest BCUT2D eigenvalue weighted by molar-refractivity contribution is 0.574. The zero-order chi connectivity index (χ0) is 19.3. The molecule has 3 aromatic carbocycles. The quantitative estimate of drug-likeness (QED) is 0.604. The van der Waals surface area contributed by atoms with E-state index < -0.39 is 15.8 Å². The Balaban J connectivity index is 1.75. The van der Waals surface area contributed by atoms with Crippen molar-refractivity contribution in [3.05, 3.63) is 101 Å². The van der Waals surface area contributed by atoms with E-state index in [1.165, 1.54) is 6.07 Å². The highest BCUT2D eigenvalue weighted by Crippen LogP contribution is 2.27. The van der Waals surface area contributed by atoms with Crippen molar-refractivity contribution < 1.29 is 12.8 Å². The second kappa shape index (κ2) is 8.65. The maximum Gasteiger partial charge on any atom is 0.240 e. The van der Waals surface area contributed by atoms with Gasteiger partial charge in [-0.25, -0.2) is 17.5 Å². The molecule has 0 saturated heterocycles. The molecule has 0 heterocycles. The van der Waals surface area contributed by atoms with Crippen LogP contribution in [-0.4, -0.2) is 15.0 Å². The zero-order valence-electron chi connectivity index (χ0n) is 14.5. The summed E-state index contributed by atoms with van der Waals surface area (Å²) in [6, 6.07) is 23.3. The van der Waals surface area contributed by atoms with Crippen LogP contribution in [0, 0.1) is 5.82 Å². The van der Waals surface area contributed by atoms with Crippen LogP contribution in [0.2, 0.25) is 5.02 Å². The van der Waals surface area contributed by atoms with Gasteiger partial charge in [0.05, 0.1) is 9.92 Å². The minimum absolute atomic E-state index is 0.0510. The molecular weight excluding hydrogens is 385 g/mol. The Morgan fingerprint density at radius 1 is 0.889 bits per heavy atom. The van der Waals surface area contributed by atoms with Crippen LogP contribution < -0.4 is 4.72 Å². The zero-order valence-corrected chi connectivity index (χ0v) is 16.1. The minimum Gasteiger partial charge on any atom is -0.211 e. The first-order chi connectivity index (χ1) is 13.0. The first-order valence-corrected chi connectivity index (χ1v) is 10.4. The van der Waals surface area contributed by atoms with Crippen LogP contribution in [0.1, 0.15) is 23.5 Å². The van der Waals surface area contributed by atoms with Crippen LogP contribution in [0.4, 0.5) is 4.39 Å². The summed E-state index contributed by atoms with van der Waals surface area (Å²) < 4.78 is 40.8. The van der Waals surface area contributed by atoms with Gasteiger partial charge < -0.3 is 0 Å². The van der Waals surface area contributed by atoms with E-state index >= 15 is 0 Å². The molecule has 1 N–H and O–H groups in total. The van der Waals surface area contributed by atoms with E-state index in [4.69, 9.17) is 11.6 Å². The van der Waals surface area contributed by atoms with E-state index in [-0.39, 0.29) is 22.4 Å². The lowest BCUT2D eigenvalue weighted by atomic mass is 9.89. The molecule has 0 fully saturated rings. The lowest BCUT2D eigenvalue weighted by Gasteiger charge is -2.18. The molecule has 0 aliphatic rings. The van der Waals surface area contributed by atoms with Gasteiger partial charge in [-0.2, -0.15) is 0 Å². The molecule has 0 atom stereocenters. The highest BCUT2D eigenvalue weighted by atomic mass is 35.5. The van der Waals surface area contributed by atoms with Crippen molar-refractivity contribution in [2.24, 2.45) is 0 Å². The Kier molecular flexibility index (Phi) is 6.26. The molecule has 0 saturated carbocycles. The van der Waals surface area contributed by atoms with E-state index in [1.54, 1.807) is 0 Å². The molecule has 0 bridgehead atoms. The molecule has 6 heteroatoms. The largest absolute Gasteiger partial charge is 0.240 e. The normalized spacial score (nSPS) is 11.7. The molecule has 0 aliphatic carbocycles. The van der Waals surface area contributed by atoms with Gasteiger partial charge in [0.1, 0.15) is 5.82 Å². The van der Waals surface area contributed by atoms with E-state index in [0.717, 1.165) is 23.3 Å². The first-order valence-electron chi connectivity index (χ1n) is 8.52. The fourth-order valence-corrected chi connectivity index (χ4v) is 4.28. The van der Waals surface area contributed by atoms with E-state index in [2.05, 4.69) is 4.72 Å². The standard InChI is InChI=1S/C21H19ClFNO2S/c22-20-15-18(11-12-21(20)23)27(25,26)24-14-13-19(16-7-3-1-4-8-16)17-9-5-2-6-10-17/h1-12,15,19,24H,13-14H2. The van der Waals surface area contributed by atoms with Gasteiger partial charge in [-0.3, -0.25) is 0 Å². The SMILES string of the molecule is O=S(=O)(NCCC(c1ccccc1)c1ccccc1)c1ccc(F)c(Cl)c1. The third-order valence-electron chi connectivity index (χ3n) is 4.33. The van der Waals surface area contributed by atoms with Crippen LogP contribution in [0.15, 0.2) is 83.8 Å². The molecule has 3 nitrogen and oxygen atoms in total. The second-order valence-corrected chi connectivity index (χ2v) is 8.31. The monoisotopic (exact) mass is 403 g/mol. The molecule has 27 heavy (non-hydrogen) atoms. The Morgan fingerprint density at radius 2 is 1.44 bits per heavy atom. The van der Waals surface area contributed by atoms with Gasteiger partial charge in [0.25, 0.3) is 0 Å². The van der Waals surface area contributed by atoms with Gasteiger partial charge in [-0.15, -0.1) is 0 Å². The number of rotatable bonds is 7. The molecule has 0 aliphatic heterocycles. The molecule has 3 aromatic rings. The predicted octanol–water partition coefficient (Wildman–Crippen LogP) is 4.98. The summed E-state index contributed by atoms with van der Waals surface area (Å²) >= 11 is 5.70. The lowest BCUT2D eigenvalue weighted by Crippen LogP contribution is -2.26. The number of hydrogen-bond acceptors (Lipinski definition) is 2. The molecule has 0 amide bonds. The molecule has 0 aromatic heterocycles. The van der Waals surface area contributed by atoms with Crippen molar-refractivity contribution in [1.29, 1.82) is 0 Å². The van der Waals surface area contributed by atoms with Crippen molar-refractivity contribution in [3.8, 4) is 0 Å². The van der Waals surface area contributed by atoms with Gasteiger partial charge in [0, 0.05) is 12.5 Å². The van der Waals surface area contributed by atoms with Crippen LogP contribution in [-0.2, 0) is 10.0 Å². The number of sulfonamides is 1. The van der Waals surface area contributed by atoms with E-state index in [9.17, 15) is 12.8 Å². The van der Waals surface area contributed by atoms with Crippen molar-refractivity contribution >= 4 is 21.6 Å². The summed E-state index contributed by atoms with van der Waals surface area (Å²) in [7, 11) is -3.76. The molecule has 3 rings (SSSR count). The minimum atomic E-state index is -3.76. The smallest absolute Gasteiger partial charge is 0.211 e. The molecule has 0 unspecified atom stereocenters. The maximum atomic E-state index is 13.3. The molecule has 0 radical (unpaired) electrons. The highest BCUT2D eigenvalue weighted by molar-refractivity contribution is 7.89. The van der Waals surface area contributed by atoms with Gasteiger partial charge in [0.2, 0.25) is 10.0 Å². The fourth-order valence-electron chi connectivity index (χ4n) is 2.96. The average Bonchev–Trinajstić information content (AvgIpc) is 2.68. The Labute approximate surface area is 163 Å². The molecule has 140 valence electrons. The van der Waals surface area contributed by atoms with Crippen molar-refractivity contribution in [2.45, 2.75) is 17.2 Å². The highest BCUT2D eigenvalue weighted by Gasteiger charge is 2.18. The summed E-state index contributed by atoms with van der Waals surface area (Å²) in [5, 5.41) is -0.218. The summed E-state index contributed by atoms with van der Waals surface area (Å²) in [6.07, 6.45) is 0.585. The van der Waals surface area contributed by atoms with Gasteiger partial charge in [0.15, 0.2) is 0 Å². The van der Waals surface area contributed by atoms with Crippen molar-refractivity contribution in [3.63, 3.8) is 0 Å². The van der Waals surface area contributed by atoms with Crippen LogP contribution in [0.5, 0.6) is 0 Å². The molecular formula is C21H19ClFNO2S. The Bertz CT molecular complexity index is 956. The van der Waals surface area contributed by atoms with E-state index in [1.807, 2.05) is 60.7 Å². The number of halogens is 2. The number of nitrogens with one attached hydrogen (secondary N) is 1. The first kappa shape index (κ1) is 19.5. The topological polar surface area (TPSA) is 46.2 Å². The fraction of sp³-hybridized carbons (Fsp3) is 0.143. The molecule has 0 spiro atoms. The van der Waals surface area contributed by atoms with Gasteiger partial charge >= 0.3 is 0 Å². The summed E-state index contributed by atoms with van der Waals surface area (Å²) in [6.45, 7) is 0.242. The average molecular weight is 404 g/mol. The third kappa shape index (κ3) is 4.95. The Morgan fingerprint density at radius 3 is 1.96 bits per heavy atom. The van der Waals surface area contributed by atoms with Crippen molar-refractivity contribution in [2.75, 3.05) is 6.54 Å². The second-order valence-electron chi connectivity index (χ2n) is 6.14. The Hall–Kier alpha value is -2.21. The summed E-state index contributed by atoms with van der Waals surface area (Å²) in [5.74, 6) is -0.587. The number of hydrogen-bond donors (Lipinski definition) is 1. The summed E-state index contributed by atoms with van der Waals surface area (Å²) in [5.41, 5.74) is 2.24. The van der Waals surface area contributed by atoms with Crippen LogP contribution >= 0.6 is 11.6 Å². The van der Waals surface area contributed by atoms with E-state index in [0.29, 0.717) is 6.42 Å². The third-order valence-corrected chi connectivity index (χ3v) is 6.08. The summed E-state index contributed by atoms with van der Waals surface area (Å²) in [4.78, 5) is -0.0510. The van der Waals surface area contributed by atoms with Gasteiger partial charge in [-0.1, -0.05) is 72.3 Å². The number of benzene rings is 3.